The summed E-state index contributed by atoms with van der Waals surface area (Å²) < 4.78 is 5.62. The highest BCUT2D eigenvalue weighted by atomic mass is 16.5. The quantitative estimate of drug-likeness (QED) is 0.761. The van der Waals surface area contributed by atoms with Gasteiger partial charge in [0.2, 0.25) is 0 Å². The van der Waals surface area contributed by atoms with Crippen LogP contribution in [0.1, 0.15) is 57.2 Å². The second kappa shape index (κ2) is 7.41. The monoisotopic (exact) mass is 275 g/mol. The maximum Gasteiger partial charge on any atom is 0.140 e. The molecule has 1 saturated carbocycles. The van der Waals surface area contributed by atoms with Gasteiger partial charge < -0.3 is 4.74 Å². The Hall–Kier alpha value is -1.38. The number of aromatic nitrogens is 1. The molecule has 1 aromatic heterocycles. The van der Waals surface area contributed by atoms with Crippen LogP contribution in [0.5, 0.6) is 5.75 Å². The molecule has 0 atom stereocenters. The first-order valence-electron chi connectivity index (χ1n) is 7.87. The number of pyridine rings is 1. The van der Waals surface area contributed by atoms with Gasteiger partial charge in [-0.05, 0) is 44.2 Å². The molecular weight excluding hydrogens is 250 g/mol. The molecule has 0 N–H and O–H groups in total. The van der Waals surface area contributed by atoms with Crippen molar-refractivity contribution in [3.05, 3.63) is 23.5 Å². The van der Waals surface area contributed by atoms with Crippen molar-refractivity contribution in [2.75, 3.05) is 6.61 Å². The molecule has 2 rings (SSSR count). The molecule has 0 unspecified atom stereocenters. The third kappa shape index (κ3) is 3.81. The Morgan fingerprint density at radius 1 is 1.35 bits per heavy atom. The summed E-state index contributed by atoms with van der Waals surface area (Å²) in [6.07, 6.45) is 8.75. The molecule has 0 aromatic carbocycles. The molecule has 20 heavy (non-hydrogen) atoms. The molecule has 3 nitrogen and oxygen atoms in total. The van der Waals surface area contributed by atoms with Crippen molar-refractivity contribution in [1.82, 2.24) is 4.98 Å². The van der Waals surface area contributed by atoms with Crippen molar-refractivity contribution in [3.63, 3.8) is 0 Å². The summed E-state index contributed by atoms with van der Waals surface area (Å²) in [5.41, 5.74) is 2.20. The topological polar surface area (TPSA) is 39.2 Å². The van der Waals surface area contributed by atoms with Gasteiger partial charge in [0.15, 0.2) is 0 Å². The lowest BCUT2D eigenvalue weighted by molar-refractivity contribution is -0.122. The van der Waals surface area contributed by atoms with E-state index in [2.05, 4.69) is 18.0 Å². The number of carbonyl (C=O) groups excluding carboxylic acids is 1. The Bertz CT molecular complexity index is 450. The van der Waals surface area contributed by atoms with Crippen LogP contribution in [-0.4, -0.2) is 17.4 Å². The number of aryl methyl sites for hydroxylation is 2. The molecule has 0 bridgehead atoms. The molecule has 0 amide bonds. The van der Waals surface area contributed by atoms with E-state index in [0.29, 0.717) is 24.7 Å². The number of rotatable bonds is 7. The van der Waals surface area contributed by atoms with Crippen molar-refractivity contribution in [3.8, 4) is 5.75 Å². The van der Waals surface area contributed by atoms with E-state index in [0.717, 1.165) is 42.7 Å². The van der Waals surface area contributed by atoms with Gasteiger partial charge in [-0.1, -0.05) is 19.8 Å². The lowest BCUT2D eigenvalue weighted by atomic mass is 9.96. The van der Waals surface area contributed by atoms with Gasteiger partial charge in [-0.2, -0.15) is 0 Å². The molecule has 1 fully saturated rings. The van der Waals surface area contributed by atoms with Gasteiger partial charge in [0, 0.05) is 18.0 Å². The molecule has 1 heterocycles. The van der Waals surface area contributed by atoms with Crippen LogP contribution in [-0.2, 0) is 17.6 Å². The summed E-state index contributed by atoms with van der Waals surface area (Å²) in [4.78, 5) is 16.6. The highest BCUT2D eigenvalue weighted by molar-refractivity contribution is 5.81. The third-order valence-corrected chi connectivity index (χ3v) is 4.12. The smallest absolute Gasteiger partial charge is 0.140 e. The number of nitrogens with zero attached hydrogens (tertiary/aromatic N) is 1. The lowest BCUT2D eigenvalue weighted by Crippen LogP contribution is -2.12. The van der Waals surface area contributed by atoms with Gasteiger partial charge in [0.05, 0.1) is 12.8 Å². The summed E-state index contributed by atoms with van der Waals surface area (Å²) in [7, 11) is 0. The fourth-order valence-electron chi connectivity index (χ4n) is 2.92. The first-order chi connectivity index (χ1) is 9.74. The SMILES string of the molecule is CCOc1cnc(CC)cc1CCC(=O)C1CCCC1. The molecular formula is C17H25NO2. The molecule has 1 aliphatic carbocycles. The van der Waals surface area contributed by atoms with E-state index in [1.807, 2.05) is 6.92 Å². The van der Waals surface area contributed by atoms with Gasteiger partial charge in [0.1, 0.15) is 11.5 Å². The van der Waals surface area contributed by atoms with E-state index in [-0.39, 0.29) is 0 Å². The Morgan fingerprint density at radius 3 is 2.75 bits per heavy atom. The van der Waals surface area contributed by atoms with Crippen molar-refractivity contribution < 1.29 is 9.53 Å². The molecule has 0 radical (unpaired) electrons. The zero-order valence-corrected chi connectivity index (χ0v) is 12.7. The molecule has 0 saturated heterocycles. The second-order valence-electron chi connectivity index (χ2n) is 5.52. The zero-order valence-electron chi connectivity index (χ0n) is 12.7. The standard InChI is InChI=1S/C17H25NO2/c1-3-15-11-14(17(12-18-15)20-4-2)9-10-16(19)13-7-5-6-8-13/h11-13H,3-10H2,1-2H3. The Labute approximate surface area is 121 Å². The highest BCUT2D eigenvalue weighted by Crippen LogP contribution is 2.28. The molecule has 1 aliphatic rings. The molecule has 1 aromatic rings. The number of ketones is 1. The zero-order chi connectivity index (χ0) is 14.4. The highest BCUT2D eigenvalue weighted by Gasteiger charge is 2.22. The van der Waals surface area contributed by atoms with Gasteiger partial charge >= 0.3 is 0 Å². The minimum absolute atomic E-state index is 0.318. The summed E-state index contributed by atoms with van der Waals surface area (Å²) in [5, 5.41) is 0. The number of ether oxygens (including phenoxy) is 1. The van der Waals surface area contributed by atoms with Gasteiger partial charge in [-0.15, -0.1) is 0 Å². The van der Waals surface area contributed by atoms with Crippen molar-refractivity contribution in [2.24, 2.45) is 5.92 Å². The maximum absolute atomic E-state index is 12.2. The lowest BCUT2D eigenvalue weighted by Gasteiger charge is -2.12. The Balaban J connectivity index is 2.00. The van der Waals surface area contributed by atoms with E-state index in [9.17, 15) is 4.79 Å². The van der Waals surface area contributed by atoms with Crippen LogP contribution in [0.15, 0.2) is 12.3 Å². The fraction of sp³-hybridized carbons (Fsp3) is 0.647. The summed E-state index contributed by atoms with van der Waals surface area (Å²) >= 11 is 0. The molecule has 110 valence electrons. The van der Waals surface area contributed by atoms with Crippen LogP contribution in [0.3, 0.4) is 0 Å². The summed E-state index contributed by atoms with van der Waals surface area (Å²) in [6, 6.07) is 2.09. The van der Waals surface area contributed by atoms with E-state index in [1.54, 1.807) is 6.20 Å². The van der Waals surface area contributed by atoms with Crippen LogP contribution in [0.2, 0.25) is 0 Å². The minimum Gasteiger partial charge on any atom is -0.492 e. The average Bonchev–Trinajstić information content (AvgIpc) is 3.00. The number of carbonyl (C=O) groups is 1. The van der Waals surface area contributed by atoms with E-state index in [1.165, 1.54) is 12.8 Å². The Kier molecular flexibility index (Phi) is 5.57. The van der Waals surface area contributed by atoms with Crippen LogP contribution in [0.25, 0.3) is 0 Å². The molecule has 3 heteroatoms. The third-order valence-electron chi connectivity index (χ3n) is 4.12. The maximum atomic E-state index is 12.2. The average molecular weight is 275 g/mol. The summed E-state index contributed by atoms with van der Waals surface area (Å²) in [5.74, 6) is 1.58. The first-order valence-corrected chi connectivity index (χ1v) is 7.87. The number of hydrogen-bond acceptors (Lipinski definition) is 3. The first kappa shape index (κ1) is 15.0. The largest absolute Gasteiger partial charge is 0.492 e. The molecule has 0 spiro atoms. The van der Waals surface area contributed by atoms with Gasteiger partial charge in [-0.3, -0.25) is 9.78 Å². The predicted octanol–water partition coefficient (Wildman–Crippen LogP) is 3.73. The van der Waals surface area contributed by atoms with Crippen molar-refractivity contribution in [2.45, 2.75) is 58.8 Å². The van der Waals surface area contributed by atoms with Crippen LogP contribution in [0, 0.1) is 5.92 Å². The predicted molar refractivity (Wildman–Crippen MR) is 80.1 cm³/mol. The number of Topliss-reactive ketones (excluding diaryl/α,β-unsaturated/α-hetero) is 1. The molecule has 0 aliphatic heterocycles. The van der Waals surface area contributed by atoms with Crippen LogP contribution < -0.4 is 4.74 Å². The van der Waals surface area contributed by atoms with Crippen LogP contribution in [0.4, 0.5) is 0 Å². The van der Waals surface area contributed by atoms with E-state index >= 15 is 0 Å². The van der Waals surface area contributed by atoms with Crippen molar-refractivity contribution >= 4 is 5.78 Å². The second-order valence-corrected chi connectivity index (χ2v) is 5.52. The normalized spacial score (nSPS) is 15.5. The minimum atomic E-state index is 0.318. The Morgan fingerprint density at radius 2 is 2.10 bits per heavy atom. The van der Waals surface area contributed by atoms with E-state index in [4.69, 9.17) is 4.74 Å². The van der Waals surface area contributed by atoms with Crippen molar-refractivity contribution in [1.29, 1.82) is 0 Å². The van der Waals surface area contributed by atoms with E-state index < -0.39 is 0 Å². The fourth-order valence-corrected chi connectivity index (χ4v) is 2.92. The van der Waals surface area contributed by atoms with Crippen LogP contribution >= 0.6 is 0 Å². The van der Waals surface area contributed by atoms with Gasteiger partial charge in [0.25, 0.3) is 0 Å². The van der Waals surface area contributed by atoms with Gasteiger partial charge in [-0.25, -0.2) is 0 Å². The number of hydrogen-bond donors (Lipinski definition) is 0. The summed E-state index contributed by atoms with van der Waals surface area (Å²) in [6.45, 7) is 4.70.